The smallest absolute Gasteiger partial charge is 0.165 e. The highest BCUT2D eigenvalue weighted by Gasteiger charge is 2.28. The van der Waals surface area contributed by atoms with Crippen LogP contribution in [0.3, 0.4) is 0 Å². The molecule has 1 fully saturated rings. The lowest BCUT2D eigenvalue weighted by Crippen LogP contribution is -2.43. The Bertz CT molecular complexity index is 978. The van der Waals surface area contributed by atoms with Gasteiger partial charge in [-0.05, 0) is 79.1 Å². The van der Waals surface area contributed by atoms with Crippen LogP contribution in [0.25, 0.3) is 0 Å². The summed E-state index contributed by atoms with van der Waals surface area (Å²) in [6, 6.07) is 19.0. The lowest BCUT2D eigenvalue weighted by atomic mass is 10.0. The van der Waals surface area contributed by atoms with E-state index in [0.717, 1.165) is 42.6 Å². The van der Waals surface area contributed by atoms with Gasteiger partial charge in [-0.1, -0.05) is 36.4 Å². The molecular formula is C27H29F3N2OS. The Morgan fingerprint density at radius 2 is 1.26 bits per heavy atom. The van der Waals surface area contributed by atoms with Gasteiger partial charge in [0.2, 0.25) is 0 Å². The van der Waals surface area contributed by atoms with Gasteiger partial charge < -0.3 is 9.87 Å². The second kappa shape index (κ2) is 11.9. The molecule has 3 nitrogen and oxygen atoms in total. The number of nitrogens with one attached hydrogen (secondary N) is 1. The molecule has 0 bridgehead atoms. The molecule has 34 heavy (non-hydrogen) atoms. The fourth-order valence-corrected chi connectivity index (χ4v) is 5.93. The number of hydrogen-bond acceptors (Lipinski definition) is 3. The van der Waals surface area contributed by atoms with Crippen molar-refractivity contribution in [3.63, 3.8) is 0 Å². The van der Waals surface area contributed by atoms with Gasteiger partial charge in [-0.15, -0.1) is 0 Å². The molecule has 1 aliphatic heterocycles. The largest absolute Gasteiger partial charge is 0.616 e. The molecule has 3 aromatic carbocycles. The van der Waals surface area contributed by atoms with Gasteiger partial charge in [0.25, 0.3) is 0 Å². The van der Waals surface area contributed by atoms with E-state index in [4.69, 9.17) is 0 Å². The van der Waals surface area contributed by atoms with Crippen molar-refractivity contribution >= 4 is 11.2 Å². The standard InChI is InChI=1S/C27H29F3N2OS/c28-23-7-1-20(2-8-23)19-31-26-13-15-32(16-14-26)17-18-34(33)27(21-3-9-24(29)10-4-21)22-5-11-25(30)12-6-22/h1-12,26-27,31H,13-19H2. The van der Waals surface area contributed by atoms with Gasteiger partial charge in [0.1, 0.15) is 23.2 Å². The second-order valence-electron chi connectivity index (χ2n) is 8.69. The first kappa shape index (κ1) is 24.8. The summed E-state index contributed by atoms with van der Waals surface area (Å²) >= 11 is -1.25. The fraction of sp³-hybridized carbons (Fsp3) is 0.333. The molecule has 1 unspecified atom stereocenters. The number of benzene rings is 3. The minimum atomic E-state index is -1.25. The molecule has 1 aliphatic rings. The van der Waals surface area contributed by atoms with Crippen molar-refractivity contribution in [2.24, 2.45) is 0 Å². The Kier molecular flexibility index (Phi) is 8.67. The third kappa shape index (κ3) is 6.85. The van der Waals surface area contributed by atoms with Crippen LogP contribution in [0.1, 0.15) is 34.8 Å². The normalized spacial score (nSPS) is 16.1. The molecule has 0 saturated carbocycles. The Balaban J connectivity index is 1.29. The van der Waals surface area contributed by atoms with Crippen LogP contribution in [0, 0.1) is 17.5 Å². The topological polar surface area (TPSA) is 38.3 Å². The van der Waals surface area contributed by atoms with Crippen LogP contribution in [0.5, 0.6) is 0 Å². The number of piperidine rings is 1. The van der Waals surface area contributed by atoms with Gasteiger partial charge in [0.15, 0.2) is 5.25 Å². The zero-order chi connectivity index (χ0) is 23.9. The third-order valence-electron chi connectivity index (χ3n) is 6.31. The first-order valence-corrected chi connectivity index (χ1v) is 12.9. The van der Waals surface area contributed by atoms with Crippen LogP contribution in [0.15, 0.2) is 72.8 Å². The highest BCUT2D eigenvalue weighted by Crippen LogP contribution is 2.31. The second-order valence-corrected chi connectivity index (χ2v) is 10.3. The quantitative estimate of drug-likeness (QED) is 0.423. The van der Waals surface area contributed by atoms with Gasteiger partial charge in [-0.25, -0.2) is 13.2 Å². The van der Waals surface area contributed by atoms with E-state index in [0.29, 0.717) is 24.9 Å². The summed E-state index contributed by atoms with van der Waals surface area (Å²) in [5, 5.41) is 3.11. The molecular weight excluding hydrogens is 457 g/mol. The Hall–Kier alpha value is -2.32. The monoisotopic (exact) mass is 486 g/mol. The minimum Gasteiger partial charge on any atom is -0.616 e. The van der Waals surface area contributed by atoms with Crippen LogP contribution in [-0.4, -0.2) is 40.9 Å². The molecule has 0 aliphatic carbocycles. The van der Waals surface area contributed by atoms with Crippen LogP contribution in [0.4, 0.5) is 13.2 Å². The van der Waals surface area contributed by atoms with Gasteiger partial charge in [-0.2, -0.15) is 0 Å². The van der Waals surface area contributed by atoms with Crippen molar-refractivity contribution in [2.75, 3.05) is 25.4 Å². The van der Waals surface area contributed by atoms with E-state index in [2.05, 4.69) is 10.2 Å². The van der Waals surface area contributed by atoms with Crippen molar-refractivity contribution in [3.05, 3.63) is 107 Å². The fourth-order valence-electron chi connectivity index (χ4n) is 4.33. The molecule has 0 radical (unpaired) electrons. The average Bonchev–Trinajstić information content (AvgIpc) is 2.85. The molecule has 180 valence electrons. The van der Waals surface area contributed by atoms with Crippen LogP contribution < -0.4 is 5.32 Å². The van der Waals surface area contributed by atoms with Crippen LogP contribution >= 0.6 is 0 Å². The molecule has 7 heteroatoms. The van der Waals surface area contributed by atoms with E-state index in [1.54, 1.807) is 36.4 Å². The number of likely N-dealkylation sites (tertiary alicyclic amines) is 1. The highest BCUT2D eigenvalue weighted by molar-refractivity contribution is 7.91. The van der Waals surface area contributed by atoms with Gasteiger partial charge in [0.05, 0.1) is 0 Å². The zero-order valence-electron chi connectivity index (χ0n) is 18.9. The zero-order valence-corrected chi connectivity index (χ0v) is 19.7. The van der Waals surface area contributed by atoms with Gasteiger partial charge >= 0.3 is 0 Å². The Labute approximate surface area is 202 Å². The number of nitrogens with zero attached hydrogens (tertiary/aromatic N) is 1. The van der Waals surface area contributed by atoms with Gasteiger partial charge in [0, 0.05) is 30.3 Å². The highest BCUT2D eigenvalue weighted by atomic mass is 32.2. The summed E-state index contributed by atoms with van der Waals surface area (Å²) in [7, 11) is 0. The molecule has 0 amide bonds. The van der Waals surface area contributed by atoms with E-state index < -0.39 is 16.4 Å². The van der Waals surface area contributed by atoms with Crippen molar-refractivity contribution in [2.45, 2.75) is 30.7 Å². The Morgan fingerprint density at radius 1 is 0.794 bits per heavy atom. The predicted octanol–water partition coefficient (Wildman–Crippen LogP) is 5.20. The SMILES string of the molecule is [O-][S+](CCN1CCC(NCc2ccc(F)cc2)CC1)C(c1ccc(F)cc1)c1ccc(F)cc1. The number of halogens is 3. The first-order valence-electron chi connectivity index (χ1n) is 11.6. The van der Waals surface area contributed by atoms with Crippen molar-refractivity contribution in [3.8, 4) is 0 Å². The van der Waals surface area contributed by atoms with E-state index in [-0.39, 0.29) is 17.5 Å². The third-order valence-corrected chi connectivity index (χ3v) is 7.97. The molecule has 0 spiro atoms. The van der Waals surface area contributed by atoms with Crippen molar-refractivity contribution in [1.82, 2.24) is 10.2 Å². The predicted molar refractivity (Wildman–Crippen MR) is 130 cm³/mol. The summed E-state index contributed by atoms with van der Waals surface area (Å²) in [4.78, 5) is 2.32. The summed E-state index contributed by atoms with van der Waals surface area (Å²) in [5.41, 5.74) is 2.58. The first-order chi connectivity index (χ1) is 16.5. The number of hydrogen-bond donors (Lipinski definition) is 1. The molecule has 1 saturated heterocycles. The van der Waals surface area contributed by atoms with Gasteiger partial charge in [-0.3, -0.25) is 4.90 Å². The summed E-state index contributed by atoms with van der Waals surface area (Å²) in [6.45, 7) is 3.24. The summed E-state index contributed by atoms with van der Waals surface area (Å²) in [6.07, 6.45) is 1.99. The molecule has 1 atom stereocenters. The molecule has 0 aromatic heterocycles. The Morgan fingerprint density at radius 3 is 1.76 bits per heavy atom. The van der Waals surface area contributed by atoms with E-state index >= 15 is 0 Å². The van der Waals surface area contributed by atoms with Crippen LogP contribution in [-0.2, 0) is 17.7 Å². The average molecular weight is 487 g/mol. The molecule has 3 aromatic rings. The lowest BCUT2D eigenvalue weighted by molar-refractivity contribution is 0.206. The number of rotatable bonds is 9. The minimum absolute atomic E-state index is 0.226. The van der Waals surface area contributed by atoms with E-state index in [1.165, 1.54) is 36.4 Å². The van der Waals surface area contributed by atoms with Crippen molar-refractivity contribution < 1.29 is 17.7 Å². The lowest BCUT2D eigenvalue weighted by Gasteiger charge is -2.33. The summed E-state index contributed by atoms with van der Waals surface area (Å²) < 4.78 is 53.3. The van der Waals surface area contributed by atoms with E-state index in [1.807, 2.05) is 0 Å². The molecule has 1 heterocycles. The maximum absolute atomic E-state index is 13.4. The summed E-state index contributed by atoms with van der Waals surface area (Å²) in [5.74, 6) is -0.435. The van der Waals surface area contributed by atoms with Crippen LogP contribution in [0.2, 0.25) is 0 Å². The molecule has 1 N–H and O–H groups in total. The molecule has 4 rings (SSSR count). The maximum atomic E-state index is 13.4. The maximum Gasteiger partial charge on any atom is 0.165 e. The van der Waals surface area contributed by atoms with E-state index in [9.17, 15) is 17.7 Å². The van der Waals surface area contributed by atoms with Crippen molar-refractivity contribution in [1.29, 1.82) is 0 Å².